The molecule has 0 saturated carbocycles. The monoisotopic (exact) mass is 227 g/mol. The molecule has 1 N–H and O–H groups in total. The number of ether oxygens (including phenoxy) is 2. The molecule has 2 heterocycles. The molecule has 1 aliphatic carbocycles. The Kier molecular flexibility index (Phi) is 2.93. The maximum atomic E-state index is 11.0. The van der Waals surface area contributed by atoms with Gasteiger partial charge in [0, 0.05) is 13.8 Å². The number of hydrogen-bond acceptors (Lipinski definition) is 6. The van der Waals surface area contributed by atoms with Gasteiger partial charge in [-0.1, -0.05) is 12.2 Å². The lowest BCUT2D eigenvalue weighted by atomic mass is 9.92. The minimum atomic E-state index is -0.586. The van der Waals surface area contributed by atoms with E-state index in [-0.39, 0.29) is 6.04 Å². The van der Waals surface area contributed by atoms with Crippen molar-refractivity contribution in [2.24, 2.45) is 0 Å². The van der Waals surface area contributed by atoms with Gasteiger partial charge in [-0.15, -0.1) is 0 Å². The number of esters is 2. The van der Waals surface area contributed by atoms with Crippen molar-refractivity contribution in [2.75, 3.05) is 0 Å². The maximum Gasteiger partial charge on any atom is 0.303 e. The highest BCUT2D eigenvalue weighted by Crippen LogP contribution is 2.26. The number of carbonyl (C=O) groups excluding carboxylic acids is 2. The molecule has 0 radical (unpaired) electrons. The molecule has 6 nitrogen and oxygen atoms in total. The zero-order valence-corrected chi connectivity index (χ0v) is 9.01. The summed E-state index contributed by atoms with van der Waals surface area (Å²) in [5, 5.41) is 0. The van der Waals surface area contributed by atoms with Gasteiger partial charge in [-0.3, -0.25) is 14.4 Å². The van der Waals surface area contributed by atoms with E-state index >= 15 is 0 Å². The Morgan fingerprint density at radius 3 is 2.25 bits per heavy atom. The van der Waals surface area contributed by atoms with Gasteiger partial charge in [0.25, 0.3) is 0 Å². The van der Waals surface area contributed by atoms with Gasteiger partial charge in [0.15, 0.2) is 12.2 Å². The summed E-state index contributed by atoms with van der Waals surface area (Å²) in [6.07, 6.45) is 2.08. The molecule has 0 amide bonds. The lowest BCUT2D eigenvalue weighted by molar-refractivity contribution is -0.210. The van der Waals surface area contributed by atoms with E-state index in [4.69, 9.17) is 14.3 Å². The third-order valence-electron chi connectivity index (χ3n) is 2.45. The number of nitrogens with one attached hydrogen (secondary N) is 1. The predicted molar refractivity (Wildman–Crippen MR) is 52.0 cm³/mol. The maximum absolute atomic E-state index is 11.0. The van der Waals surface area contributed by atoms with Crippen LogP contribution in [-0.4, -0.2) is 36.3 Å². The fourth-order valence-electron chi connectivity index (χ4n) is 1.87. The van der Waals surface area contributed by atoms with Gasteiger partial charge in [0.2, 0.25) is 0 Å². The Morgan fingerprint density at radius 2 is 1.75 bits per heavy atom. The largest absolute Gasteiger partial charge is 0.456 e. The summed E-state index contributed by atoms with van der Waals surface area (Å²) in [5.74, 6) is -0.836. The molecule has 2 bridgehead atoms. The van der Waals surface area contributed by atoms with Crippen molar-refractivity contribution in [3.63, 3.8) is 0 Å². The van der Waals surface area contributed by atoms with Crippen LogP contribution in [0.4, 0.5) is 0 Å². The van der Waals surface area contributed by atoms with Gasteiger partial charge in [-0.05, 0) is 0 Å². The normalized spacial score (nSPS) is 35.9. The van der Waals surface area contributed by atoms with Gasteiger partial charge in [-0.25, -0.2) is 0 Å². The second-order valence-electron chi connectivity index (χ2n) is 3.76. The SMILES string of the molecule is CC(=O)O[C@@H]1[C@H](OC(C)=O)[C@@H]2C=C[C@H]1NO2. The van der Waals surface area contributed by atoms with E-state index in [9.17, 15) is 9.59 Å². The van der Waals surface area contributed by atoms with Crippen LogP contribution < -0.4 is 5.48 Å². The summed E-state index contributed by atoms with van der Waals surface area (Å²) in [6, 6.07) is -0.279. The summed E-state index contributed by atoms with van der Waals surface area (Å²) in [4.78, 5) is 27.1. The van der Waals surface area contributed by atoms with Crippen LogP contribution in [0.15, 0.2) is 12.2 Å². The Bertz CT molecular complexity index is 308. The van der Waals surface area contributed by atoms with E-state index in [1.165, 1.54) is 13.8 Å². The molecule has 1 fully saturated rings. The van der Waals surface area contributed by atoms with Crippen molar-refractivity contribution in [3.8, 4) is 0 Å². The molecule has 3 aliphatic rings. The Morgan fingerprint density at radius 1 is 1.12 bits per heavy atom. The van der Waals surface area contributed by atoms with Crippen LogP contribution >= 0.6 is 0 Å². The predicted octanol–water partition coefficient (Wildman–Crippen LogP) is -0.308. The highest BCUT2D eigenvalue weighted by molar-refractivity contribution is 5.67. The third kappa shape index (κ3) is 2.07. The first kappa shape index (κ1) is 11.1. The first-order valence-electron chi connectivity index (χ1n) is 5.02. The van der Waals surface area contributed by atoms with E-state index in [0.717, 1.165) is 0 Å². The zero-order valence-electron chi connectivity index (χ0n) is 9.01. The topological polar surface area (TPSA) is 73.9 Å². The van der Waals surface area contributed by atoms with E-state index in [1.54, 1.807) is 6.08 Å². The van der Waals surface area contributed by atoms with Crippen LogP contribution in [0.2, 0.25) is 0 Å². The Labute approximate surface area is 92.5 Å². The van der Waals surface area contributed by atoms with Crippen LogP contribution in [0.3, 0.4) is 0 Å². The molecule has 4 atom stereocenters. The van der Waals surface area contributed by atoms with Crippen molar-refractivity contribution < 1.29 is 23.9 Å². The van der Waals surface area contributed by atoms with E-state index < -0.39 is 30.3 Å². The zero-order chi connectivity index (χ0) is 11.7. The Balaban J connectivity index is 2.15. The van der Waals surface area contributed by atoms with E-state index in [2.05, 4.69) is 5.48 Å². The molecule has 2 aliphatic heterocycles. The number of carbonyl (C=O) groups is 2. The summed E-state index contributed by atoms with van der Waals surface area (Å²) in [6.45, 7) is 2.63. The molecule has 0 aromatic heterocycles. The average molecular weight is 227 g/mol. The van der Waals surface area contributed by atoms with Gasteiger partial charge < -0.3 is 9.47 Å². The van der Waals surface area contributed by atoms with Crippen LogP contribution in [-0.2, 0) is 23.9 Å². The van der Waals surface area contributed by atoms with Gasteiger partial charge in [-0.2, -0.15) is 5.48 Å². The molecule has 0 aromatic rings. The highest BCUT2D eigenvalue weighted by Gasteiger charge is 2.46. The number of hydrogen-bond donors (Lipinski definition) is 1. The molecule has 0 unspecified atom stereocenters. The van der Waals surface area contributed by atoms with Crippen LogP contribution in [0.1, 0.15) is 13.8 Å². The smallest absolute Gasteiger partial charge is 0.303 e. The summed E-state index contributed by atoms with van der Waals surface area (Å²) >= 11 is 0. The first-order valence-corrected chi connectivity index (χ1v) is 5.02. The molecule has 0 spiro atoms. The lowest BCUT2D eigenvalue weighted by Gasteiger charge is -2.42. The number of fused-ring (bicyclic) bond motifs is 2. The quantitative estimate of drug-likeness (QED) is 0.515. The molecular weight excluding hydrogens is 214 g/mol. The van der Waals surface area contributed by atoms with Crippen molar-refractivity contribution in [3.05, 3.63) is 12.2 Å². The fraction of sp³-hybridized carbons (Fsp3) is 0.600. The summed E-state index contributed by atoms with van der Waals surface area (Å²) in [5.41, 5.74) is 2.72. The minimum absolute atomic E-state index is 0.279. The standard InChI is InChI=1S/C10H13NO5/c1-5(12)14-9-7-3-4-8(16-11-7)10(9)15-6(2)13/h3-4,7-11H,1-2H3/t7-,8+,9+,10-/m1/s1. The van der Waals surface area contributed by atoms with Crippen LogP contribution in [0.5, 0.6) is 0 Å². The van der Waals surface area contributed by atoms with E-state index in [0.29, 0.717) is 0 Å². The lowest BCUT2D eigenvalue weighted by Crippen LogP contribution is -2.62. The first-order chi connectivity index (χ1) is 7.58. The molecule has 16 heavy (non-hydrogen) atoms. The molecule has 0 aromatic carbocycles. The second kappa shape index (κ2) is 4.23. The Hall–Kier alpha value is -1.40. The van der Waals surface area contributed by atoms with E-state index in [1.807, 2.05) is 6.08 Å². The van der Waals surface area contributed by atoms with Crippen LogP contribution in [0.25, 0.3) is 0 Å². The van der Waals surface area contributed by atoms with Crippen LogP contribution in [0, 0.1) is 0 Å². The second-order valence-corrected chi connectivity index (χ2v) is 3.76. The number of hydroxylamine groups is 1. The molecule has 88 valence electrons. The average Bonchev–Trinajstić information content (AvgIpc) is 2.22. The van der Waals surface area contributed by atoms with Crippen molar-refractivity contribution in [1.29, 1.82) is 0 Å². The molecule has 6 heteroatoms. The van der Waals surface area contributed by atoms with Gasteiger partial charge in [0.1, 0.15) is 6.10 Å². The molecular formula is C10H13NO5. The highest BCUT2D eigenvalue weighted by atomic mass is 16.7. The van der Waals surface area contributed by atoms with Gasteiger partial charge >= 0.3 is 11.9 Å². The fourth-order valence-corrected chi connectivity index (χ4v) is 1.87. The number of rotatable bonds is 2. The summed E-state index contributed by atoms with van der Waals surface area (Å²) < 4.78 is 10.2. The minimum Gasteiger partial charge on any atom is -0.456 e. The van der Waals surface area contributed by atoms with Crippen molar-refractivity contribution in [1.82, 2.24) is 5.48 Å². The van der Waals surface area contributed by atoms with Gasteiger partial charge in [0.05, 0.1) is 6.04 Å². The molecule has 1 saturated heterocycles. The molecule has 3 rings (SSSR count). The summed E-state index contributed by atoms with van der Waals surface area (Å²) in [7, 11) is 0. The van der Waals surface area contributed by atoms with Crippen molar-refractivity contribution in [2.45, 2.75) is 38.2 Å². The van der Waals surface area contributed by atoms with Crippen molar-refractivity contribution >= 4 is 11.9 Å². The third-order valence-corrected chi connectivity index (χ3v) is 2.45.